The molecule has 0 radical (unpaired) electrons. The van der Waals surface area contributed by atoms with Gasteiger partial charge in [0.25, 0.3) is 0 Å². The number of aromatic nitrogens is 4. The fourth-order valence-corrected chi connectivity index (χ4v) is 5.09. The second-order valence-corrected chi connectivity index (χ2v) is 9.65. The summed E-state index contributed by atoms with van der Waals surface area (Å²) >= 11 is 0. The highest BCUT2D eigenvalue weighted by atomic mass is 19.4. The van der Waals surface area contributed by atoms with E-state index in [-0.39, 0.29) is 30.4 Å². The van der Waals surface area contributed by atoms with Crippen LogP contribution in [0.3, 0.4) is 0 Å². The highest BCUT2D eigenvalue weighted by molar-refractivity contribution is 6.08. The van der Waals surface area contributed by atoms with Gasteiger partial charge in [0, 0.05) is 68.6 Å². The Morgan fingerprint density at radius 1 is 1.02 bits per heavy atom. The van der Waals surface area contributed by atoms with Crippen LogP contribution in [0, 0.1) is 0 Å². The number of aliphatic hydroxyl groups excluding tert-OH is 1. The van der Waals surface area contributed by atoms with Gasteiger partial charge in [0.1, 0.15) is 12.1 Å². The molecule has 5 heterocycles. The van der Waals surface area contributed by atoms with Crippen LogP contribution in [0.4, 0.5) is 35.0 Å². The molecule has 4 aromatic rings. The summed E-state index contributed by atoms with van der Waals surface area (Å²) < 4.78 is 43.1. The van der Waals surface area contributed by atoms with Gasteiger partial charge in [-0.15, -0.1) is 0 Å². The molecule has 0 atom stereocenters. The van der Waals surface area contributed by atoms with Crippen LogP contribution in [0.15, 0.2) is 48.9 Å². The molecule has 0 bridgehead atoms. The van der Waals surface area contributed by atoms with Crippen LogP contribution in [0.5, 0.6) is 0 Å². The molecule has 0 unspecified atom stereocenters. The minimum atomic E-state index is -4.63. The molecule has 1 aromatic carbocycles. The summed E-state index contributed by atoms with van der Waals surface area (Å²) in [5.74, 6) is 0.258. The first kappa shape index (κ1) is 25.9. The van der Waals surface area contributed by atoms with E-state index in [2.05, 4.69) is 20.3 Å². The lowest BCUT2D eigenvalue weighted by Crippen LogP contribution is -2.44. The maximum Gasteiger partial charge on any atom is 0.418 e. The Labute approximate surface area is 227 Å². The zero-order valence-electron chi connectivity index (χ0n) is 21.5. The van der Waals surface area contributed by atoms with Crippen molar-refractivity contribution in [1.29, 1.82) is 0 Å². The predicted molar refractivity (Wildman–Crippen MR) is 142 cm³/mol. The summed E-state index contributed by atoms with van der Waals surface area (Å²) in [5, 5.41) is 12.4. The van der Waals surface area contributed by atoms with Crippen LogP contribution in [-0.4, -0.2) is 69.2 Å². The molecule has 206 valence electrons. The maximum atomic E-state index is 14.4. The summed E-state index contributed by atoms with van der Waals surface area (Å²) in [7, 11) is 1.59. The lowest BCUT2D eigenvalue weighted by Gasteiger charge is -2.36. The molecule has 13 heteroatoms. The molecule has 0 spiro atoms. The number of benzene rings is 1. The minimum absolute atomic E-state index is 0.0827. The number of piperazine rings is 1. The van der Waals surface area contributed by atoms with Crippen LogP contribution < -0.4 is 15.1 Å². The number of rotatable bonds is 4. The van der Waals surface area contributed by atoms with Gasteiger partial charge in [0.05, 0.1) is 34.7 Å². The zero-order chi connectivity index (χ0) is 28.0. The summed E-state index contributed by atoms with van der Waals surface area (Å²) in [4.78, 5) is 35.4. The average Bonchev–Trinajstić information content (AvgIpc) is 2.97. The van der Waals surface area contributed by atoms with Crippen molar-refractivity contribution in [2.45, 2.75) is 19.3 Å². The highest BCUT2D eigenvalue weighted by Crippen LogP contribution is 2.43. The monoisotopic (exact) mass is 550 g/mol. The third-order valence-corrected chi connectivity index (χ3v) is 7.05. The van der Waals surface area contributed by atoms with Crippen LogP contribution >= 0.6 is 0 Å². The third kappa shape index (κ3) is 4.56. The number of alkyl halides is 3. The van der Waals surface area contributed by atoms with Gasteiger partial charge in [0.2, 0.25) is 0 Å². The van der Waals surface area contributed by atoms with Crippen LogP contribution in [-0.2, 0) is 19.3 Å². The van der Waals surface area contributed by atoms with E-state index in [9.17, 15) is 23.1 Å². The van der Waals surface area contributed by atoms with Crippen molar-refractivity contribution in [2.24, 2.45) is 0 Å². The number of aliphatic hydroxyl groups is 1. The first-order chi connectivity index (χ1) is 19.2. The van der Waals surface area contributed by atoms with Gasteiger partial charge in [0.15, 0.2) is 5.82 Å². The summed E-state index contributed by atoms with van der Waals surface area (Å²) in [6.45, 7) is 1.98. The van der Waals surface area contributed by atoms with E-state index in [1.807, 2.05) is 0 Å². The number of fused-ring (bicyclic) bond motifs is 3. The molecular formula is C27H25F3N8O2. The molecule has 0 aliphatic carbocycles. The Bertz CT molecular complexity index is 1590. The van der Waals surface area contributed by atoms with E-state index in [1.54, 1.807) is 36.3 Å². The Balaban J connectivity index is 1.52. The van der Waals surface area contributed by atoms with Crippen molar-refractivity contribution < 1.29 is 23.1 Å². The Morgan fingerprint density at radius 3 is 2.48 bits per heavy atom. The van der Waals surface area contributed by atoms with Gasteiger partial charge in [-0.2, -0.15) is 13.2 Å². The van der Waals surface area contributed by atoms with Crippen molar-refractivity contribution in [1.82, 2.24) is 30.2 Å². The smallest absolute Gasteiger partial charge is 0.388 e. The number of pyridine rings is 2. The summed E-state index contributed by atoms with van der Waals surface area (Å²) in [5.41, 5.74) is 2.29. The number of carbonyl (C=O) groups excluding carboxylic acids is 1. The van der Waals surface area contributed by atoms with Crippen molar-refractivity contribution in [3.05, 3.63) is 65.9 Å². The van der Waals surface area contributed by atoms with E-state index in [0.29, 0.717) is 59.7 Å². The molecule has 40 heavy (non-hydrogen) atoms. The fourth-order valence-electron chi connectivity index (χ4n) is 5.09. The molecule has 2 N–H and O–H groups in total. The molecule has 2 aliphatic rings. The van der Waals surface area contributed by atoms with E-state index >= 15 is 0 Å². The van der Waals surface area contributed by atoms with Gasteiger partial charge in [-0.05, 0) is 30.3 Å². The lowest BCUT2D eigenvalue weighted by atomic mass is 10.0. The molecule has 0 saturated carbocycles. The van der Waals surface area contributed by atoms with Gasteiger partial charge in [-0.3, -0.25) is 9.88 Å². The number of hydrogen-bond donors (Lipinski definition) is 2. The number of carbonyl (C=O) groups is 1. The molecule has 3 aromatic heterocycles. The van der Waals surface area contributed by atoms with Gasteiger partial charge >= 0.3 is 12.2 Å². The number of hydrogen-bond acceptors (Lipinski definition) is 8. The normalized spacial score (nSPS) is 16.0. The molecule has 2 aliphatic heterocycles. The van der Waals surface area contributed by atoms with Crippen LogP contribution in [0.2, 0.25) is 0 Å². The van der Waals surface area contributed by atoms with Crippen molar-refractivity contribution in [3.8, 4) is 11.3 Å². The van der Waals surface area contributed by atoms with Gasteiger partial charge < -0.3 is 20.2 Å². The molecule has 10 nitrogen and oxygen atoms in total. The molecule has 2 amide bonds. The first-order valence-corrected chi connectivity index (χ1v) is 12.7. The minimum Gasteiger partial charge on any atom is -0.388 e. The standard InChI is InChI=1S/C27H25F3N8O2/c1-36-14-17-13-32-21-4-3-20(16-11-33-23(15-39)34-12-16)35-24(21)25(17)38(26(36)40)18-2-5-22(19(10-18)27(28,29)30)37-8-6-31-7-9-37/h2-5,10-13,31,39H,6-9,14-15H2,1H3. The van der Waals surface area contributed by atoms with Crippen LogP contribution in [0.25, 0.3) is 22.3 Å². The Hall–Kier alpha value is -4.36. The second kappa shape index (κ2) is 9.99. The zero-order valence-corrected chi connectivity index (χ0v) is 21.5. The molecule has 1 fully saturated rings. The second-order valence-electron chi connectivity index (χ2n) is 9.65. The molecule has 1 saturated heterocycles. The quantitative estimate of drug-likeness (QED) is 0.396. The fraction of sp³-hybridized carbons (Fsp3) is 0.296. The number of anilines is 3. The van der Waals surface area contributed by atoms with Gasteiger partial charge in [-0.1, -0.05) is 0 Å². The number of nitrogens with zero attached hydrogens (tertiary/aromatic N) is 7. The number of urea groups is 1. The van der Waals surface area contributed by atoms with Crippen LogP contribution in [0.1, 0.15) is 17.0 Å². The average molecular weight is 551 g/mol. The van der Waals surface area contributed by atoms with Crippen molar-refractivity contribution >= 4 is 34.1 Å². The Kier molecular flexibility index (Phi) is 6.47. The topological polar surface area (TPSA) is 111 Å². The maximum absolute atomic E-state index is 14.4. The Morgan fingerprint density at radius 2 is 1.77 bits per heavy atom. The summed E-state index contributed by atoms with van der Waals surface area (Å²) in [6, 6.07) is 7.00. The number of halogens is 3. The third-order valence-electron chi connectivity index (χ3n) is 7.05. The van der Waals surface area contributed by atoms with Gasteiger partial charge in [-0.25, -0.2) is 19.7 Å². The first-order valence-electron chi connectivity index (χ1n) is 12.7. The van der Waals surface area contributed by atoms with E-state index in [0.717, 1.165) is 6.07 Å². The lowest BCUT2D eigenvalue weighted by molar-refractivity contribution is -0.137. The number of nitrogens with one attached hydrogen (secondary N) is 1. The SMILES string of the molecule is CN1Cc2cnc3ccc(-c4cnc(CO)nc4)nc3c2N(c2ccc(N3CCNCC3)c(C(F)(F)F)c2)C1=O. The van der Waals surface area contributed by atoms with Crippen molar-refractivity contribution in [2.75, 3.05) is 43.0 Å². The molecule has 6 rings (SSSR count). The summed E-state index contributed by atoms with van der Waals surface area (Å²) in [6.07, 6.45) is 0.0392. The van der Waals surface area contributed by atoms with E-state index in [1.165, 1.54) is 28.3 Å². The molecular weight excluding hydrogens is 525 g/mol. The van der Waals surface area contributed by atoms with E-state index in [4.69, 9.17) is 4.98 Å². The van der Waals surface area contributed by atoms with E-state index < -0.39 is 17.8 Å². The predicted octanol–water partition coefficient (Wildman–Crippen LogP) is 3.71. The largest absolute Gasteiger partial charge is 0.418 e. The highest BCUT2D eigenvalue weighted by Gasteiger charge is 2.38. The van der Waals surface area contributed by atoms with Crippen molar-refractivity contribution in [3.63, 3.8) is 0 Å². The number of amides is 2.